The highest BCUT2D eigenvalue weighted by Crippen LogP contribution is 2.29. The third-order valence-electron chi connectivity index (χ3n) is 2.46. The minimum Gasteiger partial charge on any atom is -0.384 e. The van der Waals surface area contributed by atoms with Gasteiger partial charge in [0.15, 0.2) is 0 Å². The molecule has 2 nitrogen and oxygen atoms in total. The van der Waals surface area contributed by atoms with Crippen molar-refractivity contribution < 1.29 is 9.50 Å². The van der Waals surface area contributed by atoms with Crippen LogP contribution in [-0.4, -0.2) is 10.1 Å². The standard InChI is InChI=1S/C13H11BrFNO/c1-8-4-9(7-16-6-8)13(17)11-5-10(15)2-3-12(11)14/h2-7,13,17H,1H3. The van der Waals surface area contributed by atoms with Crippen LogP contribution in [0.4, 0.5) is 4.39 Å². The summed E-state index contributed by atoms with van der Waals surface area (Å²) < 4.78 is 13.8. The van der Waals surface area contributed by atoms with Crippen molar-refractivity contribution in [1.29, 1.82) is 0 Å². The molecular weight excluding hydrogens is 285 g/mol. The Morgan fingerprint density at radius 1 is 1.29 bits per heavy atom. The molecule has 17 heavy (non-hydrogen) atoms. The Morgan fingerprint density at radius 2 is 2.06 bits per heavy atom. The van der Waals surface area contributed by atoms with E-state index < -0.39 is 6.10 Å². The Kier molecular flexibility index (Phi) is 3.54. The highest BCUT2D eigenvalue weighted by molar-refractivity contribution is 9.10. The van der Waals surface area contributed by atoms with Gasteiger partial charge >= 0.3 is 0 Å². The molecule has 0 spiro atoms. The van der Waals surface area contributed by atoms with Crippen LogP contribution in [0.3, 0.4) is 0 Å². The van der Waals surface area contributed by atoms with E-state index >= 15 is 0 Å². The minimum atomic E-state index is -0.882. The molecule has 1 aromatic heterocycles. The number of rotatable bonds is 2. The van der Waals surface area contributed by atoms with Crippen LogP contribution in [0.15, 0.2) is 41.1 Å². The number of hydrogen-bond acceptors (Lipinski definition) is 2. The van der Waals surface area contributed by atoms with Gasteiger partial charge in [0.25, 0.3) is 0 Å². The van der Waals surface area contributed by atoms with Gasteiger partial charge < -0.3 is 5.11 Å². The van der Waals surface area contributed by atoms with Crippen molar-refractivity contribution in [3.05, 3.63) is 63.6 Å². The summed E-state index contributed by atoms with van der Waals surface area (Å²) in [6.07, 6.45) is 2.40. The van der Waals surface area contributed by atoms with Crippen molar-refractivity contribution in [3.63, 3.8) is 0 Å². The molecule has 0 saturated heterocycles. The second-order valence-corrected chi connectivity index (χ2v) is 4.72. The third-order valence-corrected chi connectivity index (χ3v) is 3.19. The molecule has 1 heterocycles. The van der Waals surface area contributed by atoms with Crippen LogP contribution in [0.5, 0.6) is 0 Å². The predicted molar refractivity (Wildman–Crippen MR) is 67.1 cm³/mol. The van der Waals surface area contributed by atoms with Gasteiger partial charge in [0.1, 0.15) is 11.9 Å². The van der Waals surface area contributed by atoms with Crippen molar-refractivity contribution in [2.24, 2.45) is 0 Å². The van der Waals surface area contributed by atoms with E-state index in [9.17, 15) is 9.50 Å². The Hall–Kier alpha value is -1.26. The van der Waals surface area contributed by atoms with Crippen LogP contribution in [0, 0.1) is 12.7 Å². The monoisotopic (exact) mass is 295 g/mol. The predicted octanol–water partition coefficient (Wildman–Crippen LogP) is 3.37. The zero-order chi connectivity index (χ0) is 12.4. The van der Waals surface area contributed by atoms with Crippen LogP contribution in [0.1, 0.15) is 22.8 Å². The van der Waals surface area contributed by atoms with Gasteiger partial charge in [-0.1, -0.05) is 22.0 Å². The molecule has 0 bridgehead atoms. The average molecular weight is 296 g/mol. The molecule has 2 rings (SSSR count). The summed E-state index contributed by atoms with van der Waals surface area (Å²) in [5, 5.41) is 10.2. The first kappa shape index (κ1) is 12.2. The Balaban J connectivity index is 2.43. The molecule has 0 amide bonds. The topological polar surface area (TPSA) is 33.1 Å². The summed E-state index contributed by atoms with van der Waals surface area (Å²) in [4.78, 5) is 4.01. The normalized spacial score (nSPS) is 12.5. The Morgan fingerprint density at radius 3 is 2.76 bits per heavy atom. The zero-order valence-corrected chi connectivity index (χ0v) is 10.8. The van der Waals surface area contributed by atoms with Gasteiger partial charge in [-0.05, 0) is 30.7 Å². The van der Waals surface area contributed by atoms with E-state index in [1.54, 1.807) is 18.5 Å². The second kappa shape index (κ2) is 4.94. The maximum atomic E-state index is 13.2. The van der Waals surface area contributed by atoms with Gasteiger partial charge in [0.05, 0.1) is 0 Å². The Bertz CT molecular complexity index is 545. The summed E-state index contributed by atoms with van der Waals surface area (Å²) in [5.41, 5.74) is 2.10. The lowest BCUT2D eigenvalue weighted by Crippen LogP contribution is -2.02. The highest BCUT2D eigenvalue weighted by Gasteiger charge is 2.14. The van der Waals surface area contributed by atoms with E-state index in [2.05, 4.69) is 20.9 Å². The number of nitrogens with zero attached hydrogens (tertiary/aromatic N) is 1. The maximum Gasteiger partial charge on any atom is 0.123 e. The average Bonchev–Trinajstić information content (AvgIpc) is 2.31. The largest absolute Gasteiger partial charge is 0.384 e. The fourth-order valence-electron chi connectivity index (χ4n) is 1.63. The van der Waals surface area contributed by atoms with Gasteiger partial charge in [0, 0.05) is 28.0 Å². The molecule has 1 atom stereocenters. The van der Waals surface area contributed by atoms with Crippen molar-refractivity contribution in [1.82, 2.24) is 4.98 Å². The lowest BCUT2D eigenvalue weighted by molar-refractivity contribution is 0.218. The van der Waals surface area contributed by atoms with E-state index in [-0.39, 0.29) is 5.82 Å². The number of aliphatic hydroxyl groups excluding tert-OH is 1. The van der Waals surface area contributed by atoms with Crippen LogP contribution in [0.2, 0.25) is 0 Å². The van der Waals surface area contributed by atoms with Crippen LogP contribution < -0.4 is 0 Å². The van der Waals surface area contributed by atoms with Crippen molar-refractivity contribution in [3.8, 4) is 0 Å². The molecule has 0 radical (unpaired) electrons. The lowest BCUT2D eigenvalue weighted by Gasteiger charge is -2.13. The molecule has 88 valence electrons. The van der Waals surface area contributed by atoms with Gasteiger partial charge in [-0.2, -0.15) is 0 Å². The van der Waals surface area contributed by atoms with Gasteiger partial charge in [-0.15, -0.1) is 0 Å². The maximum absolute atomic E-state index is 13.2. The molecule has 1 N–H and O–H groups in total. The molecule has 0 fully saturated rings. The summed E-state index contributed by atoms with van der Waals surface area (Å²) in [6.45, 7) is 1.89. The fraction of sp³-hybridized carbons (Fsp3) is 0.154. The van der Waals surface area contributed by atoms with Crippen LogP contribution in [-0.2, 0) is 0 Å². The minimum absolute atomic E-state index is 0.372. The summed E-state index contributed by atoms with van der Waals surface area (Å²) in [5.74, 6) is -0.372. The second-order valence-electron chi connectivity index (χ2n) is 3.86. The summed E-state index contributed by atoms with van der Waals surface area (Å²) in [7, 11) is 0. The molecule has 2 aromatic rings. The van der Waals surface area contributed by atoms with E-state index in [0.29, 0.717) is 15.6 Å². The number of pyridine rings is 1. The van der Waals surface area contributed by atoms with E-state index in [1.807, 2.05) is 13.0 Å². The molecule has 4 heteroatoms. The molecular formula is C13H11BrFNO. The molecule has 0 saturated carbocycles. The number of benzene rings is 1. The zero-order valence-electron chi connectivity index (χ0n) is 9.19. The fourth-order valence-corrected chi connectivity index (χ4v) is 2.10. The number of aryl methyl sites for hydroxylation is 1. The lowest BCUT2D eigenvalue weighted by atomic mass is 10.0. The number of hydrogen-bond donors (Lipinski definition) is 1. The van der Waals surface area contributed by atoms with Crippen molar-refractivity contribution in [2.75, 3.05) is 0 Å². The number of aliphatic hydroxyl groups is 1. The highest BCUT2D eigenvalue weighted by atomic mass is 79.9. The molecule has 1 aromatic carbocycles. The number of aromatic nitrogens is 1. The van der Waals surface area contributed by atoms with E-state index in [1.165, 1.54) is 12.1 Å². The van der Waals surface area contributed by atoms with E-state index in [0.717, 1.165) is 5.56 Å². The SMILES string of the molecule is Cc1cncc(C(O)c2cc(F)ccc2Br)c1. The van der Waals surface area contributed by atoms with Crippen LogP contribution >= 0.6 is 15.9 Å². The first-order valence-corrected chi connectivity index (χ1v) is 5.92. The summed E-state index contributed by atoms with van der Waals surface area (Å²) in [6, 6.07) is 6.07. The molecule has 0 aliphatic rings. The quantitative estimate of drug-likeness (QED) is 0.921. The van der Waals surface area contributed by atoms with Gasteiger partial charge in [0.2, 0.25) is 0 Å². The summed E-state index contributed by atoms with van der Waals surface area (Å²) >= 11 is 3.30. The van der Waals surface area contributed by atoms with Crippen molar-refractivity contribution in [2.45, 2.75) is 13.0 Å². The van der Waals surface area contributed by atoms with Gasteiger partial charge in [-0.25, -0.2) is 4.39 Å². The molecule has 1 unspecified atom stereocenters. The number of halogens is 2. The first-order valence-electron chi connectivity index (χ1n) is 5.12. The van der Waals surface area contributed by atoms with E-state index in [4.69, 9.17) is 0 Å². The van der Waals surface area contributed by atoms with Crippen LogP contribution in [0.25, 0.3) is 0 Å². The third kappa shape index (κ3) is 2.70. The first-order chi connectivity index (χ1) is 8.08. The smallest absolute Gasteiger partial charge is 0.123 e. The van der Waals surface area contributed by atoms with Crippen molar-refractivity contribution >= 4 is 15.9 Å². The van der Waals surface area contributed by atoms with Gasteiger partial charge in [-0.3, -0.25) is 4.98 Å². The molecule has 0 aliphatic heterocycles. The molecule has 0 aliphatic carbocycles. The Labute approximate surface area is 107 Å².